The van der Waals surface area contributed by atoms with Gasteiger partial charge in [0.05, 0.1) is 23.4 Å². The van der Waals surface area contributed by atoms with E-state index >= 15 is 0 Å². The molecule has 0 aliphatic heterocycles. The molecule has 0 radical (unpaired) electrons. The smallest absolute Gasteiger partial charge is 0.337 e. The van der Waals surface area contributed by atoms with Crippen LogP contribution in [0.5, 0.6) is 5.75 Å². The van der Waals surface area contributed by atoms with Gasteiger partial charge < -0.3 is 15.2 Å². The standard InChI is InChI=1S/C14H11ClN2O4/c1-21-9-3-5-11(10(6-9)14(19)20)17-13(18)12-4-2-8(15)7-16-12/h2-7H,1H3,(H,17,18)(H,19,20). The van der Waals surface area contributed by atoms with Gasteiger partial charge in [-0.05, 0) is 30.3 Å². The van der Waals surface area contributed by atoms with Crippen LogP contribution in [0.1, 0.15) is 20.8 Å². The maximum Gasteiger partial charge on any atom is 0.337 e. The Morgan fingerprint density at radius 2 is 2.05 bits per heavy atom. The highest BCUT2D eigenvalue weighted by atomic mass is 35.5. The molecule has 21 heavy (non-hydrogen) atoms. The van der Waals surface area contributed by atoms with Crippen LogP contribution in [0.25, 0.3) is 0 Å². The highest BCUT2D eigenvalue weighted by Gasteiger charge is 2.15. The number of hydrogen-bond acceptors (Lipinski definition) is 4. The van der Waals surface area contributed by atoms with E-state index in [-0.39, 0.29) is 16.9 Å². The number of halogens is 1. The van der Waals surface area contributed by atoms with E-state index in [9.17, 15) is 9.59 Å². The lowest BCUT2D eigenvalue weighted by Crippen LogP contribution is -2.16. The van der Waals surface area contributed by atoms with Gasteiger partial charge in [-0.1, -0.05) is 11.6 Å². The average molecular weight is 307 g/mol. The second-order valence-corrected chi connectivity index (χ2v) is 4.47. The molecule has 0 fully saturated rings. The zero-order valence-electron chi connectivity index (χ0n) is 11.0. The van der Waals surface area contributed by atoms with E-state index in [1.165, 1.54) is 37.6 Å². The van der Waals surface area contributed by atoms with Crippen molar-refractivity contribution < 1.29 is 19.4 Å². The van der Waals surface area contributed by atoms with Crippen LogP contribution < -0.4 is 10.1 Å². The minimum atomic E-state index is -1.17. The summed E-state index contributed by atoms with van der Waals surface area (Å²) in [5, 5.41) is 12.1. The Morgan fingerprint density at radius 3 is 2.62 bits per heavy atom. The number of amides is 1. The van der Waals surface area contributed by atoms with Crippen molar-refractivity contribution in [1.82, 2.24) is 4.98 Å². The van der Waals surface area contributed by atoms with Gasteiger partial charge in [0.2, 0.25) is 0 Å². The number of methoxy groups -OCH3 is 1. The van der Waals surface area contributed by atoms with Gasteiger partial charge in [-0.2, -0.15) is 0 Å². The van der Waals surface area contributed by atoms with E-state index in [0.29, 0.717) is 10.8 Å². The number of anilines is 1. The predicted molar refractivity (Wildman–Crippen MR) is 77.2 cm³/mol. The summed E-state index contributed by atoms with van der Waals surface area (Å²) < 4.78 is 4.96. The number of benzene rings is 1. The van der Waals surface area contributed by atoms with Crippen LogP contribution >= 0.6 is 11.6 Å². The fraction of sp³-hybridized carbons (Fsp3) is 0.0714. The van der Waals surface area contributed by atoms with Crippen molar-refractivity contribution >= 4 is 29.2 Å². The Bertz CT molecular complexity index is 686. The summed E-state index contributed by atoms with van der Waals surface area (Å²) in [5.41, 5.74) is 0.216. The monoisotopic (exact) mass is 306 g/mol. The zero-order chi connectivity index (χ0) is 15.4. The first-order valence-corrected chi connectivity index (χ1v) is 6.23. The van der Waals surface area contributed by atoms with Crippen molar-refractivity contribution in [2.75, 3.05) is 12.4 Å². The Morgan fingerprint density at radius 1 is 1.29 bits per heavy atom. The van der Waals surface area contributed by atoms with Gasteiger partial charge in [-0.25, -0.2) is 9.78 Å². The van der Waals surface area contributed by atoms with Gasteiger partial charge in [0.15, 0.2) is 0 Å². The summed E-state index contributed by atoms with van der Waals surface area (Å²) in [6.07, 6.45) is 1.34. The molecule has 0 saturated heterocycles. The Balaban J connectivity index is 2.28. The molecule has 1 aromatic heterocycles. The normalized spacial score (nSPS) is 10.0. The summed E-state index contributed by atoms with van der Waals surface area (Å²) in [6.45, 7) is 0. The lowest BCUT2D eigenvalue weighted by Gasteiger charge is -2.09. The van der Waals surface area contributed by atoms with E-state index in [2.05, 4.69) is 10.3 Å². The van der Waals surface area contributed by atoms with Crippen LogP contribution in [0.15, 0.2) is 36.5 Å². The maximum atomic E-state index is 12.0. The van der Waals surface area contributed by atoms with E-state index in [1.807, 2.05) is 0 Å². The van der Waals surface area contributed by atoms with Crippen LogP contribution in [0, 0.1) is 0 Å². The average Bonchev–Trinajstić information content (AvgIpc) is 2.48. The van der Waals surface area contributed by atoms with E-state index in [0.717, 1.165) is 0 Å². The minimum absolute atomic E-state index is 0.0725. The molecule has 0 atom stereocenters. The number of hydrogen-bond donors (Lipinski definition) is 2. The summed E-state index contributed by atoms with van der Waals surface area (Å²) in [5.74, 6) is -1.32. The molecule has 2 N–H and O–H groups in total. The van der Waals surface area contributed by atoms with Gasteiger partial charge >= 0.3 is 5.97 Å². The summed E-state index contributed by atoms with van der Waals surface area (Å²) in [7, 11) is 1.43. The number of carbonyl (C=O) groups is 2. The third-order valence-electron chi connectivity index (χ3n) is 2.67. The van der Waals surface area contributed by atoms with E-state index < -0.39 is 11.9 Å². The van der Waals surface area contributed by atoms with Crippen molar-refractivity contribution in [2.24, 2.45) is 0 Å². The molecule has 0 saturated carbocycles. The number of carbonyl (C=O) groups excluding carboxylic acids is 1. The van der Waals surface area contributed by atoms with Gasteiger partial charge in [-0.15, -0.1) is 0 Å². The molecule has 0 unspecified atom stereocenters. The molecule has 7 heteroatoms. The molecule has 6 nitrogen and oxygen atoms in total. The van der Waals surface area contributed by atoms with Gasteiger partial charge in [-0.3, -0.25) is 4.79 Å². The fourth-order valence-electron chi connectivity index (χ4n) is 1.63. The van der Waals surface area contributed by atoms with Gasteiger partial charge in [0, 0.05) is 6.20 Å². The molecular formula is C14H11ClN2O4. The van der Waals surface area contributed by atoms with E-state index in [1.54, 1.807) is 6.07 Å². The largest absolute Gasteiger partial charge is 0.497 e. The molecule has 108 valence electrons. The number of rotatable bonds is 4. The van der Waals surface area contributed by atoms with Gasteiger partial charge in [0.1, 0.15) is 11.4 Å². The van der Waals surface area contributed by atoms with Crippen LogP contribution in [-0.4, -0.2) is 29.1 Å². The van der Waals surface area contributed by atoms with Crippen molar-refractivity contribution in [2.45, 2.75) is 0 Å². The third kappa shape index (κ3) is 3.49. The molecule has 2 rings (SSSR count). The Labute approximate surface area is 125 Å². The topological polar surface area (TPSA) is 88.5 Å². The van der Waals surface area contributed by atoms with Crippen LogP contribution in [0.4, 0.5) is 5.69 Å². The number of carboxylic acids is 1. The molecule has 0 aliphatic rings. The van der Waals surface area contributed by atoms with Crippen molar-refractivity contribution in [3.63, 3.8) is 0 Å². The van der Waals surface area contributed by atoms with Gasteiger partial charge in [0.25, 0.3) is 5.91 Å². The van der Waals surface area contributed by atoms with Crippen molar-refractivity contribution in [1.29, 1.82) is 0 Å². The molecule has 1 amide bonds. The number of nitrogens with zero attached hydrogens (tertiary/aromatic N) is 1. The summed E-state index contributed by atoms with van der Waals surface area (Å²) in [4.78, 5) is 27.1. The lowest BCUT2D eigenvalue weighted by molar-refractivity contribution is 0.0697. The number of aromatic carboxylic acids is 1. The molecule has 1 heterocycles. The van der Waals surface area contributed by atoms with E-state index in [4.69, 9.17) is 21.4 Å². The lowest BCUT2D eigenvalue weighted by atomic mass is 10.1. The minimum Gasteiger partial charge on any atom is -0.497 e. The number of nitrogens with one attached hydrogen (secondary N) is 1. The third-order valence-corrected chi connectivity index (χ3v) is 2.89. The van der Waals surface area contributed by atoms with Crippen LogP contribution in [0.2, 0.25) is 5.02 Å². The fourth-order valence-corrected chi connectivity index (χ4v) is 1.74. The summed E-state index contributed by atoms with van der Waals surface area (Å²) >= 11 is 5.69. The molecule has 0 bridgehead atoms. The van der Waals surface area contributed by atoms with Crippen molar-refractivity contribution in [3.05, 3.63) is 52.8 Å². The maximum absolute atomic E-state index is 12.0. The molecule has 2 aromatic rings. The molecule has 1 aromatic carbocycles. The highest BCUT2D eigenvalue weighted by Crippen LogP contribution is 2.22. The number of pyridine rings is 1. The quantitative estimate of drug-likeness (QED) is 0.906. The predicted octanol–water partition coefficient (Wildman–Crippen LogP) is 2.69. The first-order chi connectivity index (χ1) is 10.0. The summed E-state index contributed by atoms with van der Waals surface area (Å²) in [6, 6.07) is 7.30. The Kier molecular flexibility index (Phi) is 4.39. The number of ether oxygens (including phenoxy) is 1. The van der Waals surface area contributed by atoms with Crippen LogP contribution in [0.3, 0.4) is 0 Å². The number of carboxylic acid groups (broad SMARTS) is 1. The molecular weight excluding hydrogens is 296 g/mol. The number of aromatic nitrogens is 1. The molecule has 0 aliphatic carbocycles. The first-order valence-electron chi connectivity index (χ1n) is 5.85. The zero-order valence-corrected chi connectivity index (χ0v) is 11.7. The Hall–Kier alpha value is -2.60. The highest BCUT2D eigenvalue weighted by molar-refractivity contribution is 6.30. The second kappa shape index (κ2) is 6.23. The molecule has 0 spiro atoms. The second-order valence-electron chi connectivity index (χ2n) is 4.03. The first kappa shape index (κ1) is 14.8. The van der Waals surface area contributed by atoms with Crippen molar-refractivity contribution in [3.8, 4) is 5.75 Å². The SMILES string of the molecule is COc1ccc(NC(=O)c2ccc(Cl)cn2)c(C(=O)O)c1. The van der Waals surface area contributed by atoms with Crippen LogP contribution in [-0.2, 0) is 0 Å².